The molecule has 3 unspecified atom stereocenters. The lowest BCUT2D eigenvalue weighted by Gasteiger charge is -2.42. The van der Waals surface area contributed by atoms with Gasteiger partial charge in [-0.3, -0.25) is 4.79 Å². The molecule has 1 aromatic heterocycles. The first-order valence-electron chi connectivity index (χ1n) is 10.7. The van der Waals surface area contributed by atoms with E-state index in [2.05, 4.69) is 27.2 Å². The molecule has 13 heteroatoms. The minimum atomic E-state index is -1.15. The smallest absolute Gasteiger partial charge is 0.243 e. The first-order valence-corrected chi connectivity index (χ1v) is 11.4. The van der Waals surface area contributed by atoms with E-state index < -0.39 is 6.35 Å². The van der Waals surface area contributed by atoms with Crippen LogP contribution in [-0.4, -0.2) is 73.9 Å². The maximum Gasteiger partial charge on any atom is 0.243 e. The molecule has 1 aromatic carbocycles. The number of ether oxygens (including phenoxy) is 3. The number of aliphatic hydroxyl groups excluding tert-OH is 1. The largest absolute Gasteiger partial charge is 0.495 e. The van der Waals surface area contributed by atoms with Crippen molar-refractivity contribution >= 4 is 46.6 Å². The number of rotatable bonds is 7. The fraction of sp³-hybridized carbons (Fsp3) is 0.409. The van der Waals surface area contributed by atoms with Crippen LogP contribution in [-0.2, 0) is 16.1 Å². The molecule has 0 aliphatic carbocycles. The number of carbonyl (C=O) groups is 1. The Morgan fingerprint density at radius 1 is 1.26 bits per heavy atom. The summed E-state index contributed by atoms with van der Waals surface area (Å²) in [6, 6.07) is 1.10. The van der Waals surface area contributed by atoms with Gasteiger partial charge in [0.1, 0.15) is 27.4 Å². The van der Waals surface area contributed by atoms with Crippen LogP contribution < -0.4 is 29.9 Å². The number of fused-ring (bicyclic) bond motifs is 1. The zero-order chi connectivity index (χ0) is 25.3. The van der Waals surface area contributed by atoms with Gasteiger partial charge < -0.3 is 39.8 Å². The van der Waals surface area contributed by atoms with Crippen LogP contribution in [0, 0.1) is 0 Å². The fourth-order valence-corrected chi connectivity index (χ4v) is 4.75. The van der Waals surface area contributed by atoms with Crippen LogP contribution in [0.25, 0.3) is 0 Å². The standard InChI is InChI=1S/C22H26Cl2N6O5/c1-5-16(31)26-12-9-35-10-13(12)27-21-25-7-11-8-30(22(32)29(2)20(11)28-21)19-17(23)14(33-3)6-15(34-4)18(19)24/h5-7,12-13,22,32H,1,8-10H2,2-4H3,(H,26,31)(H,25,27,28). The van der Waals surface area contributed by atoms with E-state index in [1.165, 1.54) is 20.3 Å². The molecule has 3 N–H and O–H groups in total. The number of anilines is 3. The van der Waals surface area contributed by atoms with Crippen molar-refractivity contribution in [2.24, 2.45) is 0 Å². The Labute approximate surface area is 212 Å². The second-order valence-corrected chi connectivity index (χ2v) is 8.75. The molecule has 11 nitrogen and oxygen atoms in total. The Bertz CT molecular complexity index is 1110. The van der Waals surface area contributed by atoms with Crippen molar-refractivity contribution in [3.05, 3.63) is 40.5 Å². The molecule has 2 aliphatic rings. The van der Waals surface area contributed by atoms with Gasteiger partial charge in [0.05, 0.1) is 51.7 Å². The molecule has 0 spiro atoms. The number of hydrogen-bond acceptors (Lipinski definition) is 10. The van der Waals surface area contributed by atoms with Gasteiger partial charge in [0.25, 0.3) is 0 Å². The molecule has 0 radical (unpaired) electrons. The lowest BCUT2D eigenvalue weighted by molar-refractivity contribution is -0.117. The number of aliphatic hydroxyl groups is 1. The number of aromatic nitrogens is 2. The van der Waals surface area contributed by atoms with Gasteiger partial charge in [0, 0.05) is 24.9 Å². The highest BCUT2D eigenvalue weighted by molar-refractivity contribution is 6.41. The maximum absolute atomic E-state index is 11.7. The molecular weight excluding hydrogens is 499 g/mol. The summed E-state index contributed by atoms with van der Waals surface area (Å²) in [5, 5.41) is 17.7. The molecule has 1 amide bonds. The highest BCUT2D eigenvalue weighted by Crippen LogP contribution is 2.48. The predicted molar refractivity (Wildman–Crippen MR) is 133 cm³/mol. The van der Waals surface area contributed by atoms with E-state index in [9.17, 15) is 9.90 Å². The molecule has 35 heavy (non-hydrogen) atoms. The highest BCUT2D eigenvalue weighted by atomic mass is 35.5. The summed E-state index contributed by atoms with van der Waals surface area (Å²) in [5.41, 5.74) is 1.09. The van der Waals surface area contributed by atoms with Crippen molar-refractivity contribution < 1.29 is 24.1 Å². The topological polar surface area (TPSA) is 121 Å². The van der Waals surface area contributed by atoms with Crippen LogP contribution in [0.4, 0.5) is 17.5 Å². The number of benzene rings is 1. The Hall–Kier alpha value is -2.99. The number of carbonyl (C=O) groups excluding carboxylic acids is 1. The minimum absolute atomic E-state index is 0.224. The normalized spacial score (nSPS) is 21.4. The molecule has 2 aromatic rings. The molecular formula is C22H26Cl2N6O5. The van der Waals surface area contributed by atoms with E-state index >= 15 is 0 Å². The van der Waals surface area contributed by atoms with Gasteiger partial charge in [-0.05, 0) is 6.08 Å². The van der Waals surface area contributed by atoms with Gasteiger partial charge in [-0.25, -0.2) is 4.98 Å². The summed E-state index contributed by atoms with van der Waals surface area (Å²) in [5.74, 6) is 1.29. The zero-order valence-electron chi connectivity index (χ0n) is 19.4. The molecule has 2 aliphatic heterocycles. The molecule has 3 heterocycles. The average molecular weight is 525 g/mol. The Morgan fingerprint density at radius 2 is 1.91 bits per heavy atom. The summed E-state index contributed by atoms with van der Waals surface area (Å²) in [4.78, 5) is 23.9. The lowest BCUT2D eigenvalue weighted by Crippen LogP contribution is -2.51. The van der Waals surface area contributed by atoms with Crippen LogP contribution in [0.3, 0.4) is 0 Å². The van der Waals surface area contributed by atoms with Crippen molar-refractivity contribution in [2.45, 2.75) is 25.0 Å². The quantitative estimate of drug-likeness (QED) is 0.463. The highest BCUT2D eigenvalue weighted by Gasteiger charge is 2.35. The molecule has 1 saturated heterocycles. The SMILES string of the molecule is C=CC(=O)NC1COCC1Nc1ncc2c(n1)N(C)C(O)N(c1c(Cl)c(OC)cc(OC)c1Cl)C2. The molecule has 188 valence electrons. The van der Waals surface area contributed by atoms with Gasteiger partial charge in [0.15, 0.2) is 0 Å². The van der Waals surface area contributed by atoms with E-state index in [0.29, 0.717) is 42.2 Å². The van der Waals surface area contributed by atoms with Crippen molar-refractivity contribution in [1.82, 2.24) is 15.3 Å². The van der Waals surface area contributed by atoms with Crippen molar-refractivity contribution in [2.75, 3.05) is 49.6 Å². The molecule has 3 atom stereocenters. The van der Waals surface area contributed by atoms with E-state index in [4.69, 9.17) is 37.4 Å². The van der Waals surface area contributed by atoms with E-state index in [-0.39, 0.29) is 34.6 Å². The van der Waals surface area contributed by atoms with E-state index in [1.807, 2.05) is 0 Å². The van der Waals surface area contributed by atoms with Crippen molar-refractivity contribution in [1.29, 1.82) is 0 Å². The van der Waals surface area contributed by atoms with Crippen LogP contribution in [0.2, 0.25) is 10.0 Å². The average Bonchev–Trinajstić information content (AvgIpc) is 3.28. The second kappa shape index (κ2) is 10.3. The third-order valence-corrected chi connectivity index (χ3v) is 6.62. The summed E-state index contributed by atoms with van der Waals surface area (Å²) in [6.07, 6.45) is 1.72. The summed E-state index contributed by atoms with van der Waals surface area (Å²) in [7, 11) is 4.66. The Morgan fingerprint density at radius 3 is 2.54 bits per heavy atom. The van der Waals surface area contributed by atoms with Gasteiger partial charge in [-0.2, -0.15) is 4.98 Å². The maximum atomic E-state index is 11.7. The fourth-order valence-electron chi connectivity index (χ4n) is 4.03. The van der Waals surface area contributed by atoms with Gasteiger partial charge in [0.2, 0.25) is 18.2 Å². The van der Waals surface area contributed by atoms with Gasteiger partial charge >= 0.3 is 0 Å². The molecule has 0 saturated carbocycles. The summed E-state index contributed by atoms with van der Waals surface area (Å²) >= 11 is 13.1. The van der Waals surface area contributed by atoms with Crippen molar-refractivity contribution in [3.63, 3.8) is 0 Å². The number of nitrogens with zero attached hydrogens (tertiary/aromatic N) is 4. The van der Waals surface area contributed by atoms with Crippen molar-refractivity contribution in [3.8, 4) is 11.5 Å². The monoisotopic (exact) mass is 524 g/mol. The zero-order valence-corrected chi connectivity index (χ0v) is 20.9. The number of halogens is 2. The third kappa shape index (κ3) is 4.76. The molecule has 0 bridgehead atoms. The van der Waals surface area contributed by atoms with Gasteiger partial charge in [-0.15, -0.1) is 0 Å². The summed E-state index contributed by atoms with van der Waals surface area (Å²) in [6.45, 7) is 4.44. The Balaban J connectivity index is 1.61. The molecule has 4 rings (SSSR count). The second-order valence-electron chi connectivity index (χ2n) is 7.99. The molecule has 1 fully saturated rings. The van der Waals surface area contributed by atoms with Crippen LogP contribution in [0.1, 0.15) is 5.56 Å². The Kier molecular flexibility index (Phi) is 7.41. The minimum Gasteiger partial charge on any atom is -0.495 e. The van der Waals surface area contributed by atoms with E-state index in [1.54, 1.807) is 29.1 Å². The number of methoxy groups -OCH3 is 2. The van der Waals surface area contributed by atoms with Crippen LogP contribution >= 0.6 is 23.2 Å². The predicted octanol–water partition coefficient (Wildman–Crippen LogP) is 2.01. The first kappa shape index (κ1) is 25.1. The van der Waals surface area contributed by atoms with Crippen LogP contribution in [0.15, 0.2) is 24.9 Å². The van der Waals surface area contributed by atoms with Gasteiger partial charge in [-0.1, -0.05) is 29.8 Å². The summed E-state index contributed by atoms with van der Waals surface area (Å²) < 4.78 is 16.2. The lowest BCUT2D eigenvalue weighted by atomic mass is 10.1. The first-order chi connectivity index (χ1) is 16.8. The number of hydrogen-bond donors (Lipinski definition) is 3. The number of amides is 1. The van der Waals surface area contributed by atoms with E-state index in [0.717, 1.165) is 5.56 Å². The number of nitrogens with one attached hydrogen (secondary N) is 2. The van der Waals surface area contributed by atoms with Crippen LogP contribution in [0.5, 0.6) is 11.5 Å². The third-order valence-electron chi connectivity index (χ3n) is 5.89.